The van der Waals surface area contributed by atoms with Crippen molar-refractivity contribution in [3.8, 4) is 17.2 Å². The van der Waals surface area contributed by atoms with Gasteiger partial charge in [-0.05, 0) is 49.2 Å². The highest BCUT2D eigenvalue weighted by molar-refractivity contribution is 5.90. The molecule has 0 spiro atoms. The first-order valence-corrected chi connectivity index (χ1v) is 10.6. The lowest BCUT2D eigenvalue weighted by atomic mass is 10.1. The predicted molar refractivity (Wildman–Crippen MR) is 118 cm³/mol. The summed E-state index contributed by atoms with van der Waals surface area (Å²) < 4.78 is 32.5. The van der Waals surface area contributed by atoms with Gasteiger partial charge in [-0.1, -0.05) is 6.07 Å². The molecule has 3 heterocycles. The number of nitriles is 1. The number of pyridine rings is 1. The maximum Gasteiger partial charge on any atom is 0.414 e. The summed E-state index contributed by atoms with van der Waals surface area (Å²) in [5, 5.41) is 14.1. The number of halogens is 2. The molecule has 1 aromatic carbocycles. The van der Waals surface area contributed by atoms with Crippen molar-refractivity contribution in [2.24, 2.45) is 23.5 Å². The first-order valence-electron chi connectivity index (χ1n) is 10.6. The Hall–Kier alpha value is -3.71. The van der Waals surface area contributed by atoms with Crippen LogP contribution in [0.1, 0.15) is 0 Å². The minimum absolute atomic E-state index is 0.0675. The van der Waals surface area contributed by atoms with E-state index in [9.17, 15) is 13.6 Å². The predicted octanol–water partition coefficient (Wildman–Crippen LogP) is 2.50. The third-order valence-electron chi connectivity index (χ3n) is 6.00. The summed E-state index contributed by atoms with van der Waals surface area (Å²) in [4.78, 5) is 17.2. The van der Waals surface area contributed by atoms with E-state index < -0.39 is 24.0 Å². The topological polar surface area (TPSA) is 116 Å². The molecule has 0 radical (unpaired) electrons. The number of ether oxygens (including phenoxy) is 1. The van der Waals surface area contributed by atoms with Gasteiger partial charge in [0.05, 0.1) is 30.8 Å². The van der Waals surface area contributed by atoms with Crippen molar-refractivity contribution < 1.29 is 18.3 Å². The first-order chi connectivity index (χ1) is 16.0. The van der Waals surface area contributed by atoms with Crippen LogP contribution in [0.2, 0.25) is 0 Å². The van der Waals surface area contributed by atoms with Gasteiger partial charge in [0, 0.05) is 29.7 Å². The molecule has 1 aromatic heterocycles. The van der Waals surface area contributed by atoms with Crippen LogP contribution < -0.4 is 21.3 Å². The zero-order valence-corrected chi connectivity index (χ0v) is 17.7. The van der Waals surface area contributed by atoms with Crippen LogP contribution in [0.4, 0.5) is 19.3 Å². The molecule has 8 nitrogen and oxygen atoms in total. The van der Waals surface area contributed by atoms with Crippen molar-refractivity contribution >= 4 is 11.8 Å². The van der Waals surface area contributed by atoms with Crippen LogP contribution in [-0.4, -0.2) is 43.4 Å². The van der Waals surface area contributed by atoms with Gasteiger partial charge in [0.2, 0.25) is 5.95 Å². The van der Waals surface area contributed by atoms with E-state index in [-0.39, 0.29) is 13.1 Å². The van der Waals surface area contributed by atoms with Crippen LogP contribution in [0, 0.1) is 34.9 Å². The average molecular weight is 454 g/mol. The van der Waals surface area contributed by atoms with Crippen LogP contribution in [0.15, 0.2) is 54.9 Å². The molecular weight excluding hydrogens is 430 g/mol. The van der Waals surface area contributed by atoms with E-state index in [4.69, 9.17) is 15.7 Å². The molecule has 2 aliphatic heterocycles. The normalized spacial score (nSPS) is 25.4. The highest BCUT2D eigenvalue weighted by Gasteiger charge is 2.53. The molecule has 3 aliphatic rings. The zero-order chi connectivity index (χ0) is 23.4. The summed E-state index contributed by atoms with van der Waals surface area (Å²) in [5.41, 5.74) is 6.41. The molecule has 10 heteroatoms. The standard InChI is InChI=1S/C17H16F2N4O2.C6H8N2/c18-15-6-12(3-4-14(15)11-2-1-5-21-8-11)23-10-13(25-17(23)24)9-22-16(19)7-20;7-1-4-5-2-8-3-6(4)5/h1-8,13,22H,9-10,20H2;4-6,8H,2-3H2/b16-7-;/t;4?,5-,6+. The van der Waals surface area contributed by atoms with Gasteiger partial charge in [0.25, 0.3) is 0 Å². The third-order valence-corrected chi connectivity index (χ3v) is 6.00. The van der Waals surface area contributed by atoms with Crippen molar-refractivity contribution in [3.05, 3.63) is 60.7 Å². The Kier molecular flexibility index (Phi) is 6.70. The van der Waals surface area contributed by atoms with Gasteiger partial charge in [-0.3, -0.25) is 9.88 Å². The van der Waals surface area contributed by atoms with Crippen LogP contribution in [0.3, 0.4) is 0 Å². The van der Waals surface area contributed by atoms with E-state index in [1.165, 1.54) is 11.0 Å². The zero-order valence-electron chi connectivity index (χ0n) is 17.7. The summed E-state index contributed by atoms with van der Waals surface area (Å²) >= 11 is 0. The average Bonchev–Trinajstić information content (AvgIpc) is 3.12. The summed E-state index contributed by atoms with van der Waals surface area (Å²) in [6.07, 6.45) is 2.76. The Morgan fingerprint density at radius 1 is 1.39 bits per heavy atom. The van der Waals surface area contributed by atoms with Gasteiger partial charge < -0.3 is 21.1 Å². The number of hydrogen-bond acceptors (Lipinski definition) is 7. The molecular formula is C23H24F2N6O2. The molecule has 1 amide bonds. The number of fused-ring (bicyclic) bond motifs is 1. The van der Waals surface area contributed by atoms with Crippen LogP contribution in [-0.2, 0) is 4.74 Å². The lowest BCUT2D eigenvalue weighted by Crippen LogP contribution is -2.30. The molecule has 0 bridgehead atoms. The van der Waals surface area contributed by atoms with Crippen LogP contribution in [0.5, 0.6) is 0 Å². The van der Waals surface area contributed by atoms with Gasteiger partial charge in [0.15, 0.2) is 0 Å². The molecule has 2 aromatic rings. The molecule has 2 unspecified atom stereocenters. The monoisotopic (exact) mass is 454 g/mol. The van der Waals surface area contributed by atoms with Crippen molar-refractivity contribution in [2.45, 2.75) is 6.10 Å². The summed E-state index contributed by atoms with van der Waals surface area (Å²) in [6.45, 7) is 2.42. The quantitative estimate of drug-likeness (QED) is 0.595. The van der Waals surface area contributed by atoms with E-state index in [0.717, 1.165) is 31.1 Å². The van der Waals surface area contributed by atoms with Gasteiger partial charge in [-0.2, -0.15) is 9.65 Å². The van der Waals surface area contributed by atoms with Crippen LogP contribution in [0.25, 0.3) is 11.1 Å². The fourth-order valence-corrected chi connectivity index (χ4v) is 4.15. The van der Waals surface area contributed by atoms with E-state index in [1.54, 1.807) is 36.7 Å². The molecule has 33 heavy (non-hydrogen) atoms. The molecule has 4 atom stereocenters. The van der Waals surface area contributed by atoms with Crippen molar-refractivity contribution in [1.82, 2.24) is 15.6 Å². The van der Waals surface area contributed by atoms with Crippen molar-refractivity contribution in [1.29, 1.82) is 5.26 Å². The SMILES string of the molecule is N#CC1[C@H]2CNC[C@@H]12.N/C=C(/F)NCC1CN(c2ccc(-c3cccnc3)c(F)c2)C(=O)O1. The molecule has 4 N–H and O–H groups in total. The number of rotatable bonds is 5. The third kappa shape index (κ3) is 5.04. The maximum absolute atomic E-state index is 14.4. The maximum atomic E-state index is 14.4. The molecule has 1 aliphatic carbocycles. The summed E-state index contributed by atoms with van der Waals surface area (Å²) in [7, 11) is 0. The fourth-order valence-electron chi connectivity index (χ4n) is 4.15. The molecule has 3 fully saturated rings. The second kappa shape index (κ2) is 9.83. The van der Waals surface area contributed by atoms with Gasteiger partial charge in [0.1, 0.15) is 11.9 Å². The number of nitrogens with two attached hydrogens (primary N) is 1. The van der Waals surface area contributed by atoms with Crippen molar-refractivity contribution in [3.63, 3.8) is 0 Å². The number of cyclic esters (lactones) is 1. The number of benzene rings is 1. The van der Waals surface area contributed by atoms with Gasteiger partial charge in [-0.15, -0.1) is 0 Å². The molecule has 172 valence electrons. The van der Waals surface area contributed by atoms with Crippen LogP contribution >= 0.6 is 0 Å². The number of amides is 1. The first kappa shape index (κ1) is 22.5. The number of carbonyl (C=O) groups excluding carboxylic acids is 1. The van der Waals surface area contributed by atoms with Gasteiger partial charge in [-0.25, -0.2) is 9.18 Å². The minimum Gasteiger partial charge on any atom is -0.442 e. The summed E-state index contributed by atoms with van der Waals surface area (Å²) in [5.74, 6) is 0.676. The van der Waals surface area contributed by atoms with E-state index in [0.29, 0.717) is 22.7 Å². The Balaban J connectivity index is 0.000000269. The Morgan fingerprint density at radius 3 is 2.79 bits per heavy atom. The van der Waals surface area contributed by atoms with Crippen molar-refractivity contribution in [2.75, 3.05) is 31.1 Å². The smallest absolute Gasteiger partial charge is 0.414 e. The number of piperidine rings is 1. The largest absolute Gasteiger partial charge is 0.442 e. The Bertz CT molecular complexity index is 1060. The second-order valence-corrected chi connectivity index (χ2v) is 8.06. The van der Waals surface area contributed by atoms with E-state index in [1.807, 2.05) is 0 Å². The number of carbonyl (C=O) groups is 1. The molecule has 5 rings (SSSR count). The highest BCUT2D eigenvalue weighted by atomic mass is 19.1. The lowest BCUT2D eigenvalue weighted by molar-refractivity contribution is 0.140. The summed E-state index contributed by atoms with van der Waals surface area (Å²) in [6, 6.07) is 10.2. The van der Waals surface area contributed by atoms with Gasteiger partial charge >= 0.3 is 6.09 Å². The lowest BCUT2D eigenvalue weighted by Gasteiger charge is -2.14. The highest BCUT2D eigenvalue weighted by Crippen LogP contribution is 2.47. The molecule has 2 saturated heterocycles. The minimum atomic E-state index is -0.707. The number of aromatic nitrogens is 1. The fraction of sp³-hybridized carbons (Fsp3) is 0.348. The second-order valence-electron chi connectivity index (χ2n) is 8.06. The number of nitrogens with zero attached hydrogens (tertiary/aromatic N) is 3. The number of anilines is 1. The number of nitrogens with one attached hydrogen (secondary N) is 2. The Morgan fingerprint density at radius 2 is 2.18 bits per heavy atom. The van der Waals surface area contributed by atoms with E-state index >= 15 is 0 Å². The molecule has 1 saturated carbocycles. The Labute approximate surface area is 190 Å². The van der Waals surface area contributed by atoms with E-state index in [2.05, 4.69) is 21.7 Å². The number of hydrogen-bond donors (Lipinski definition) is 3.